The summed E-state index contributed by atoms with van der Waals surface area (Å²) in [7, 11) is -3.81. The van der Waals surface area contributed by atoms with Gasteiger partial charge in [-0.15, -0.1) is 0 Å². The molecule has 2 rings (SSSR count). The molecule has 8 heteroatoms. The molecule has 0 unspecified atom stereocenters. The monoisotopic (exact) mass is 407 g/mol. The zero-order valence-electron chi connectivity index (χ0n) is 17.3. The number of amides is 1. The molecule has 0 saturated carbocycles. The highest BCUT2D eigenvalue weighted by Gasteiger charge is 2.28. The van der Waals surface area contributed by atoms with Crippen LogP contribution in [0.25, 0.3) is 0 Å². The van der Waals surface area contributed by atoms with Crippen LogP contribution in [0.1, 0.15) is 45.9 Å². The minimum atomic E-state index is -3.81. The summed E-state index contributed by atoms with van der Waals surface area (Å²) in [4.78, 5) is 12.6. The molecule has 28 heavy (non-hydrogen) atoms. The van der Waals surface area contributed by atoms with Gasteiger partial charge in [0.2, 0.25) is 15.9 Å². The molecule has 0 spiro atoms. The standard InChI is InChI=1S/C20H29N3O4S/c1-14(2)12-23(13-19(24)21-18-11-15(3)27-22-18)28(25,26)17-9-7-16(8-10-17)20(4,5)6/h7-11,14H,12-13H2,1-6H3,(H,21,22,24). The van der Waals surface area contributed by atoms with Crippen molar-refractivity contribution in [1.82, 2.24) is 9.46 Å². The highest BCUT2D eigenvalue weighted by molar-refractivity contribution is 7.89. The van der Waals surface area contributed by atoms with Crippen LogP contribution in [0, 0.1) is 12.8 Å². The van der Waals surface area contributed by atoms with Gasteiger partial charge in [0.1, 0.15) is 5.76 Å². The van der Waals surface area contributed by atoms with E-state index in [1.54, 1.807) is 25.1 Å². The Hall–Kier alpha value is -2.19. The molecule has 1 aromatic heterocycles. The van der Waals surface area contributed by atoms with E-state index in [1.165, 1.54) is 4.31 Å². The molecule has 1 amide bonds. The average Bonchev–Trinajstić information content (AvgIpc) is 2.98. The SMILES string of the molecule is Cc1cc(NC(=O)CN(CC(C)C)S(=O)(=O)c2ccc(C(C)(C)C)cc2)no1. The second kappa shape index (κ2) is 8.45. The van der Waals surface area contributed by atoms with Gasteiger partial charge in [-0.2, -0.15) is 4.31 Å². The van der Waals surface area contributed by atoms with Gasteiger partial charge in [-0.05, 0) is 36.0 Å². The fourth-order valence-corrected chi connectivity index (χ4v) is 4.26. The third kappa shape index (κ3) is 5.65. The van der Waals surface area contributed by atoms with Crippen molar-refractivity contribution in [3.8, 4) is 0 Å². The first-order valence-corrected chi connectivity index (χ1v) is 10.7. The number of benzene rings is 1. The van der Waals surface area contributed by atoms with E-state index in [-0.39, 0.29) is 35.1 Å². The van der Waals surface area contributed by atoms with Crippen molar-refractivity contribution in [2.75, 3.05) is 18.4 Å². The van der Waals surface area contributed by atoms with Gasteiger partial charge < -0.3 is 9.84 Å². The lowest BCUT2D eigenvalue weighted by atomic mass is 9.87. The van der Waals surface area contributed by atoms with Crippen LogP contribution in [-0.4, -0.2) is 36.9 Å². The van der Waals surface area contributed by atoms with Gasteiger partial charge in [-0.1, -0.05) is 51.9 Å². The van der Waals surface area contributed by atoms with Gasteiger partial charge >= 0.3 is 0 Å². The predicted molar refractivity (Wildman–Crippen MR) is 109 cm³/mol. The molecule has 0 saturated heterocycles. The molecular formula is C20H29N3O4S. The van der Waals surface area contributed by atoms with Crippen LogP contribution in [0.15, 0.2) is 39.8 Å². The maximum atomic E-state index is 13.1. The summed E-state index contributed by atoms with van der Waals surface area (Å²) in [6.07, 6.45) is 0. The number of carbonyl (C=O) groups is 1. The molecule has 0 radical (unpaired) electrons. The average molecular weight is 408 g/mol. The lowest BCUT2D eigenvalue weighted by Gasteiger charge is -2.24. The maximum absolute atomic E-state index is 13.1. The number of carbonyl (C=O) groups excluding carboxylic acids is 1. The predicted octanol–water partition coefficient (Wildman–Crippen LogP) is 3.57. The topological polar surface area (TPSA) is 92.5 Å². The number of hydrogen-bond donors (Lipinski definition) is 1. The summed E-state index contributed by atoms with van der Waals surface area (Å²) in [5.74, 6) is 0.411. The summed E-state index contributed by atoms with van der Waals surface area (Å²) in [5.41, 5.74) is 0.969. The Morgan fingerprint density at radius 1 is 1.21 bits per heavy atom. The third-order valence-electron chi connectivity index (χ3n) is 4.14. The second-order valence-corrected chi connectivity index (χ2v) is 10.3. The normalized spacial score (nSPS) is 12.6. The zero-order valence-corrected chi connectivity index (χ0v) is 18.1. The Morgan fingerprint density at radius 3 is 2.29 bits per heavy atom. The Balaban J connectivity index is 2.23. The molecule has 7 nitrogen and oxygen atoms in total. The molecule has 0 bridgehead atoms. The van der Waals surface area contributed by atoms with E-state index in [2.05, 4.69) is 31.2 Å². The first-order valence-electron chi connectivity index (χ1n) is 9.23. The van der Waals surface area contributed by atoms with Crippen LogP contribution < -0.4 is 5.32 Å². The number of aryl methyl sites for hydroxylation is 1. The highest BCUT2D eigenvalue weighted by atomic mass is 32.2. The van der Waals surface area contributed by atoms with Crippen molar-refractivity contribution in [1.29, 1.82) is 0 Å². The highest BCUT2D eigenvalue weighted by Crippen LogP contribution is 2.25. The Morgan fingerprint density at radius 2 is 1.82 bits per heavy atom. The number of hydrogen-bond acceptors (Lipinski definition) is 5. The van der Waals surface area contributed by atoms with Gasteiger partial charge in [-0.3, -0.25) is 4.79 Å². The molecule has 0 aliphatic carbocycles. The van der Waals surface area contributed by atoms with Gasteiger partial charge in [-0.25, -0.2) is 8.42 Å². The van der Waals surface area contributed by atoms with Crippen LogP contribution in [-0.2, 0) is 20.2 Å². The van der Waals surface area contributed by atoms with E-state index >= 15 is 0 Å². The maximum Gasteiger partial charge on any atom is 0.243 e. The first-order chi connectivity index (χ1) is 12.9. The summed E-state index contributed by atoms with van der Waals surface area (Å²) < 4.78 is 32.4. The molecule has 1 aromatic carbocycles. The van der Waals surface area contributed by atoms with E-state index in [0.29, 0.717) is 5.76 Å². The largest absolute Gasteiger partial charge is 0.360 e. The Labute approximate surface area is 167 Å². The van der Waals surface area contributed by atoms with Crippen LogP contribution in [0.3, 0.4) is 0 Å². The van der Waals surface area contributed by atoms with E-state index in [4.69, 9.17) is 4.52 Å². The smallest absolute Gasteiger partial charge is 0.243 e. The summed E-state index contributed by atoms with van der Waals surface area (Å²) in [6, 6.07) is 8.41. The number of rotatable bonds is 7. The van der Waals surface area contributed by atoms with Crippen molar-refractivity contribution in [2.24, 2.45) is 5.92 Å². The fourth-order valence-electron chi connectivity index (χ4n) is 2.70. The summed E-state index contributed by atoms with van der Waals surface area (Å²) >= 11 is 0. The van der Waals surface area contributed by atoms with E-state index in [1.807, 2.05) is 26.0 Å². The molecule has 154 valence electrons. The van der Waals surface area contributed by atoms with E-state index in [9.17, 15) is 13.2 Å². The third-order valence-corrected chi connectivity index (χ3v) is 5.97. The van der Waals surface area contributed by atoms with Crippen LogP contribution in [0.4, 0.5) is 5.82 Å². The zero-order chi connectivity index (χ0) is 21.1. The lowest BCUT2D eigenvalue weighted by Crippen LogP contribution is -2.40. The van der Waals surface area contributed by atoms with Crippen LogP contribution >= 0.6 is 0 Å². The number of aromatic nitrogens is 1. The molecule has 0 aliphatic rings. The van der Waals surface area contributed by atoms with Crippen molar-refractivity contribution >= 4 is 21.7 Å². The quantitative estimate of drug-likeness (QED) is 0.757. The number of anilines is 1. The Bertz CT molecular complexity index is 910. The van der Waals surface area contributed by atoms with Gasteiger partial charge in [0.05, 0.1) is 11.4 Å². The number of nitrogens with zero attached hydrogens (tertiary/aromatic N) is 2. The Kier molecular flexibility index (Phi) is 6.67. The molecule has 0 atom stereocenters. The van der Waals surface area contributed by atoms with E-state index in [0.717, 1.165) is 5.56 Å². The molecule has 2 aromatic rings. The van der Waals surface area contributed by atoms with Gasteiger partial charge in [0.15, 0.2) is 5.82 Å². The minimum Gasteiger partial charge on any atom is -0.360 e. The molecular weight excluding hydrogens is 378 g/mol. The van der Waals surface area contributed by atoms with Gasteiger partial charge in [0, 0.05) is 12.6 Å². The molecule has 1 heterocycles. The fraction of sp³-hybridized carbons (Fsp3) is 0.500. The minimum absolute atomic E-state index is 0.0609. The number of nitrogens with one attached hydrogen (secondary N) is 1. The lowest BCUT2D eigenvalue weighted by molar-refractivity contribution is -0.116. The van der Waals surface area contributed by atoms with Crippen LogP contribution in [0.2, 0.25) is 0 Å². The van der Waals surface area contributed by atoms with Crippen molar-refractivity contribution < 1.29 is 17.7 Å². The molecule has 0 aliphatic heterocycles. The number of sulfonamides is 1. The van der Waals surface area contributed by atoms with Crippen LogP contribution in [0.5, 0.6) is 0 Å². The summed E-state index contributed by atoms with van der Waals surface area (Å²) in [5, 5.41) is 6.27. The second-order valence-electron chi connectivity index (χ2n) is 8.34. The van der Waals surface area contributed by atoms with Crippen molar-refractivity contribution in [3.05, 3.63) is 41.7 Å². The van der Waals surface area contributed by atoms with Crippen molar-refractivity contribution in [2.45, 2.75) is 51.9 Å². The summed E-state index contributed by atoms with van der Waals surface area (Å²) in [6.45, 7) is 11.7. The first kappa shape index (κ1) is 22.1. The molecule has 0 fully saturated rings. The van der Waals surface area contributed by atoms with Crippen molar-refractivity contribution in [3.63, 3.8) is 0 Å². The van der Waals surface area contributed by atoms with Gasteiger partial charge in [0.25, 0.3) is 0 Å². The van der Waals surface area contributed by atoms with E-state index < -0.39 is 15.9 Å². The molecule has 1 N–H and O–H groups in total.